The number of halogens is 1. The van der Waals surface area contributed by atoms with Crippen molar-refractivity contribution in [3.05, 3.63) is 81.1 Å². The van der Waals surface area contributed by atoms with Gasteiger partial charge in [-0.15, -0.1) is 11.3 Å². The Balaban J connectivity index is 1.38. The number of hydrogen-bond donors (Lipinski definition) is 1. The Labute approximate surface area is 208 Å². The zero-order valence-corrected chi connectivity index (χ0v) is 20.6. The number of carbonyl (C=O) groups excluding carboxylic acids is 2. The maximum atomic E-state index is 13.7. The largest absolute Gasteiger partial charge is 0.486 e. The predicted molar refractivity (Wildman–Crippen MR) is 132 cm³/mol. The van der Waals surface area contributed by atoms with Crippen molar-refractivity contribution in [2.75, 3.05) is 6.54 Å². The number of nitrogens with one attached hydrogen (secondary N) is 1. The molecule has 1 aromatic heterocycles. The van der Waals surface area contributed by atoms with Gasteiger partial charge in [0.05, 0.1) is 6.04 Å². The van der Waals surface area contributed by atoms with Crippen LogP contribution in [0, 0.1) is 11.7 Å². The van der Waals surface area contributed by atoms with Crippen LogP contribution >= 0.6 is 11.3 Å². The molecule has 2 amide bonds. The highest BCUT2D eigenvalue weighted by Crippen LogP contribution is 2.41. The Bertz CT molecular complexity index is 1240. The number of amides is 2. The van der Waals surface area contributed by atoms with Crippen molar-refractivity contribution < 1.29 is 18.7 Å². The van der Waals surface area contributed by atoms with E-state index < -0.39 is 0 Å². The van der Waals surface area contributed by atoms with Crippen LogP contribution in [0.1, 0.15) is 64.9 Å². The lowest BCUT2D eigenvalue weighted by Crippen LogP contribution is -2.41. The number of nitrogens with zero attached hydrogens (tertiary/aromatic N) is 2. The number of aromatic nitrogens is 1. The molecule has 0 spiro atoms. The summed E-state index contributed by atoms with van der Waals surface area (Å²) in [6, 6.07) is 12.1. The van der Waals surface area contributed by atoms with Gasteiger partial charge in [-0.25, -0.2) is 9.37 Å². The van der Waals surface area contributed by atoms with E-state index in [0.29, 0.717) is 23.0 Å². The van der Waals surface area contributed by atoms with Gasteiger partial charge in [-0.05, 0) is 74.1 Å². The minimum Gasteiger partial charge on any atom is -0.486 e. The highest BCUT2D eigenvalue weighted by Gasteiger charge is 2.39. The number of rotatable bonds is 7. The van der Waals surface area contributed by atoms with Crippen molar-refractivity contribution in [1.82, 2.24) is 15.2 Å². The fraction of sp³-hybridized carbons (Fsp3) is 0.370. The number of hydrogen-bond acceptors (Lipinski definition) is 5. The van der Waals surface area contributed by atoms with Crippen molar-refractivity contribution in [1.29, 1.82) is 0 Å². The molecule has 2 heterocycles. The van der Waals surface area contributed by atoms with Crippen LogP contribution in [0.4, 0.5) is 4.39 Å². The number of ether oxygens (including phenoxy) is 1. The standard InChI is InChI=1S/C27H28FN3O3S/c1-16(2)29-26(32)23-15-35-24(30-23)14-34-21-10-7-17-11-12-31(27(33)19-3-4-19)25(22(17)13-21)18-5-8-20(28)9-6-18/h5-10,13,15-16,19,25H,3-4,11-12,14H2,1-2H3,(H,29,32). The third-order valence-electron chi connectivity index (χ3n) is 6.31. The summed E-state index contributed by atoms with van der Waals surface area (Å²) in [6.45, 7) is 4.70. The van der Waals surface area contributed by atoms with Gasteiger partial charge in [-0.1, -0.05) is 18.2 Å². The van der Waals surface area contributed by atoms with Crippen LogP contribution in [-0.2, 0) is 17.8 Å². The molecule has 0 saturated heterocycles. The topological polar surface area (TPSA) is 71.5 Å². The molecule has 2 aliphatic rings. The molecule has 5 rings (SSSR count). The number of benzene rings is 2. The van der Waals surface area contributed by atoms with Gasteiger partial charge in [0.1, 0.15) is 28.9 Å². The predicted octanol–water partition coefficient (Wildman–Crippen LogP) is 4.88. The monoisotopic (exact) mass is 493 g/mol. The Morgan fingerprint density at radius 1 is 1.20 bits per heavy atom. The Morgan fingerprint density at radius 3 is 2.69 bits per heavy atom. The molecular weight excluding hydrogens is 465 g/mol. The maximum Gasteiger partial charge on any atom is 0.270 e. The Morgan fingerprint density at radius 2 is 1.97 bits per heavy atom. The van der Waals surface area contributed by atoms with Crippen LogP contribution in [0.25, 0.3) is 0 Å². The minimum atomic E-state index is -0.299. The van der Waals surface area contributed by atoms with Crippen LogP contribution in [0.5, 0.6) is 5.75 Å². The zero-order valence-electron chi connectivity index (χ0n) is 19.8. The summed E-state index contributed by atoms with van der Waals surface area (Å²) in [6.07, 6.45) is 2.64. The average molecular weight is 494 g/mol. The fourth-order valence-electron chi connectivity index (χ4n) is 4.45. The van der Waals surface area contributed by atoms with E-state index in [9.17, 15) is 14.0 Å². The normalized spacial score (nSPS) is 17.3. The first-order chi connectivity index (χ1) is 16.9. The second-order valence-corrected chi connectivity index (χ2v) is 10.4. The molecule has 1 fully saturated rings. The van der Waals surface area contributed by atoms with Gasteiger partial charge in [0.2, 0.25) is 5.91 Å². The first-order valence-corrected chi connectivity index (χ1v) is 12.8. The molecular formula is C27H28FN3O3S. The van der Waals surface area contributed by atoms with Gasteiger partial charge in [-0.3, -0.25) is 9.59 Å². The molecule has 1 atom stereocenters. The minimum absolute atomic E-state index is 0.0415. The third-order valence-corrected chi connectivity index (χ3v) is 7.13. The van der Waals surface area contributed by atoms with E-state index in [1.54, 1.807) is 17.5 Å². The first kappa shape index (κ1) is 23.5. The number of fused-ring (bicyclic) bond motifs is 1. The summed E-state index contributed by atoms with van der Waals surface area (Å²) in [5.41, 5.74) is 3.44. The fourth-order valence-corrected chi connectivity index (χ4v) is 5.14. The lowest BCUT2D eigenvalue weighted by atomic mass is 9.87. The van der Waals surface area contributed by atoms with Crippen LogP contribution in [0.15, 0.2) is 47.8 Å². The summed E-state index contributed by atoms with van der Waals surface area (Å²) < 4.78 is 19.7. The van der Waals surface area contributed by atoms with Crippen LogP contribution in [0.3, 0.4) is 0 Å². The van der Waals surface area contributed by atoms with E-state index in [1.165, 1.54) is 23.5 Å². The van der Waals surface area contributed by atoms with Crippen molar-refractivity contribution in [2.24, 2.45) is 5.92 Å². The van der Waals surface area contributed by atoms with Crippen molar-refractivity contribution >= 4 is 23.2 Å². The number of carbonyl (C=O) groups is 2. The molecule has 182 valence electrons. The van der Waals surface area contributed by atoms with E-state index in [2.05, 4.69) is 10.3 Å². The number of thiazole rings is 1. The summed E-state index contributed by atoms with van der Waals surface area (Å²) in [7, 11) is 0. The quantitative estimate of drug-likeness (QED) is 0.509. The maximum absolute atomic E-state index is 13.7. The van der Waals surface area contributed by atoms with Crippen LogP contribution in [0.2, 0.25) is 0 Å². The Hall–Kier alpha value is -3.26. The highest BCUT2D eigenvalue weighted by atomic mass is 32.1. The first-order valence-electron chi connectivity index (χ1n) is 12.0. The molecule has 0 radical (unpaired) electrons. The lowest BCUT2D eigenvalue weighted by Gasteiger charge is -2.38. The van der Waals surface area contributed by atoms with E-state index in [4.69, 9.17) is 4.74 Å². The average Bonchev–Trinajstić information content (AvgIpc) is 3.59. The van der Waals surface area contributed by atoms with Gasteiger partial charge < -0.3 is 15.0 Å². The van der Waals surface area contributed by atoms with Crippen molar-refractivity contribution in [3.8, 4) is 5.75 Å². The van der Waals surface area contributed by atoms with E-state index >= 15 is 0 Å². The molecule has 3 aromatic rings. The molecule has 1 saturated carbocycles. The zero-order chi connectivity index (χ0) is 24.5. The van der Waals surface area contributed by atoms with Gasteiger partial charge >= 0.3 is 0 Å². The summed E-state index contributed by atoms with van der Waals surface area (Å²) in [4.78, 5) is 31.6. The highest BCUT2D eigenvalue weighted by molar-refractivity contribution is 7.09. The lowest BCUT2D eigenvalue weighted by molar-refractivity contribution is -0.134. The molecule has 6 nitrogen and oxygen atoms in total. The van der Waals surface area contributed by atoms with Gasteiger partial charge in [0, 0.05) is 23.9 Å². The van der Waals surface area contributed by atoms with E-state index in [0.717, 1.165) is 36.0 Å². The molecule has 1 aliphatic heterocycles. The van der Waals surface area contributed by atoms with E-state index in [1.807, 2.05) is 36.9 Å². The molecule has 35 heavy (non-hydrogen) atoms. The summed E-state index contributed by atoms with van der Waals surface area (Å²) in [5.74, 6) is 0.447. The second kappa shape index (κ2) is 9.77. The Kier molecular flexibility index (Phi) is 6.56. The molecule has 2 aromatic carbocycles. The molecule has 8 heteroatoms. The molecule has 1 aliphatic carbocycles. The van der Waals surface area contributed by atoms with Crippen molar-refractivity contribution in [2.45, 2.75) is 51.8 Å². The summed E-state index contributed by atoms with van der Waals surface area (Å²) in [5, 5.41) is 5.28. The smallest absolute Gasteiger partial charge is 0.270 e. The third kappa shape index (κ3) is 5.22. The second-order valence-electron chi connectivity index (χ2n) is 9.41. The SMILES string of the molecule is CC(C)NC(=O)c1csc(COc2ccc3c(c2)C(c2ccc(F)cc2)N(C(=O)C2CC2)CC3)n1. The van der Waals surface area contributed by atoms with Crippen molar-refractivity contribution in [3.63, 3.8) is 0 Å². The van der Waals surface area contributed by atoms with Crippen LogP contribution < -0.4 is 10.1 Å². The molecule has 0 bridgehead atoms. The van der Waals surface area contributed by atoms with Gasteiger partial charge in [-0.2, -0.15) is 0 Å². The summed E-state index contributed by atoms with van der Waals surface area (Å²) >= 11 is 1.38. The molecule has 1 unspecified atom stereocenters. The van der Waals surface area contributed by atoms with Gasteiger partial charge in [0.15, 0.2) is 0 Å². The van der Waals surface area contributed by atoms with Crippen LogP contribution in [-0.4, -0.2) is 34.3 Å². The molecule has 1 N–H and O–H groups in total. The van der Waals surface area contributed by atoms with Gasteiger partial charge in [0.25, 0.3) is 5.91 Å². The van der Waals surface area contributed by atoms with E-state index in [-0.39, 0.29) is 42.2 Å².